The first-order valence-electron chi connectivity index (χ1n) is 3.53. The van der Waals surface area contributed by atoms with Crippen LogP contribution in [0.25, 0.3) is 0 Å². The van der Waals surface area contributed by atoms with E-state index in [-0.39, 0.29) is 6.04 Å². The average molecular weight is 149 g/mol. The second-order valence-electron chi connectivity index (χ2n) is 2.36. The van der Waals surface area contributed by atoms with Gasteiger partial charge < -0.3 is 4.42 Å². The molecule has 1 rings (SSSR count). The van der Waals surface area contributed by atoms with Crippen molar-refractivity contribution in [3.8, 4) is 12.3 Å². The second kappa shape index (κ2) is 3.85. The van der Waals surface area contributed by atoms with Gasteiger partial charge in [0.1, 0.15) is 0 Å². The van der Waals surface area contributed by atoms with Gasteiger partial charge in [0.05, 0.1) is 19.1 Å². The molecule has 1 aromatic rings. The molecule has 1 unspecified atom stereocenters. The van der Waals surface area contributed by atoms with Crippen LogP contribution in [-0.4, -0.2) is 6.54 Å². The van der Waals surface area contributed by atoms with E-state index in [1.165, 1.54) is 0 Å². The molecule has 0 spiro atoms. The van der Waals surface area contributed by atoms with Gasteiger partial charge in [-0.1, -0.05) is 5.92 Å². The largest absolute Gasteiger partial charge is 0.472 e. The molecule has 0 amide bonds. The quantitative estimate of drug-likeness (QED) is 0.660. The Balaban J connectivity index is 2.44. The van der Waals surface area contributed by atoms with E-state index in [9.17, 15) is 0 Å². The van der Waals surface area contributed by atoms with Crippen molar-refractivity contribution in [3.05, 3.63) is 24.2 Å². The molecule has 1 heterocycles. The Hall–Kier alpha value is -1.20. The molecule has 2 heteroatoms. The van der Waals surface area contributed by atoms with Gasteiger partial charge in [0, 0.05) is 11.6 Å². The van der Waals surface area contributed by atoms with Gasteiger partial charge in [-0.15, -0.1) is 6.42 Å². The molecule has 0 radical (unpaired) electrons. The van der Waals surface area contributed by atoms with E-state index < -0.39 is 0 Å². The van der Waals surface area contributed by atoms with Crippen LogP contribution in [0.2, 0.25) is 0 Å². The van der Waals surface area contributed by atoms with Crippen molar-refractivity contribution < 1.29 is 4.42 Å². The van der Waals surface area contributed by atoms with E-state index in [1.54, 1.807) is 12.5 Å². The molecule has 0 saturated carbocycles. The minimum absolute atomic E-state index is 0.268. The Morgan fingerprint density at radius 2 is 2.64 bits per heavy atom. The summed E-state index contributed by atoms with van der Waals surface area (Å²) in [5, 5.41) is 3.14. The van der Waals surface area contributed by atoms with Gasteiger partial charge in [-0.2, -0.15) is 0 Å². The lowest BCUT2D eigenvalue weighted by Gasteiger charge is -2.07. The lowest BCUT2D eigenvalue weighted by molar-refractivity contribution is 0.550. The summed E-state index contributed by atoms with van der Waals surface area (Å²) in [6.07, 6.45) is 8.47. The molecular formula is C9H11NO. The molecule has 11 heavy (non-hydrogen) atoms. The molecule has 1 N–H and O–H groups in total. The molecule has 0 aliphatic rings. The summed E-state index contributed by atoms with van der Waals surface area (Å²) in [6.45, 7) is 2.63. The van der Waals surface area contributed by atoms with Crippen LogP contribution in [0, 0.1) is 12.3 Å². The summed E-state index contributed by atoms with van der Waals surface area (Å²) < 4.78 is 4.92. The highest BCUT2D eigenvalue weighted by Gasteiger charge is 2.03. The fourth-order valence-corrected chi connectivity index (χ4v) is 0.851. The number of hydrogen-bond donors (Lipinski definition) is 1. The molecule has 0 aromatic carbocycles. The van der Waals surface area contributed by atoms with Crippen molar-refractivity contribution in [2.24, 2.45) is 0 Å². The van der Waals surface area contributed by atoms with Crippen LogP contribution >= 0.6 is 0 Å². The molecular weight excluding hydrogens is 138 g/mol. The van der Waals surface area contributed by atoms with Crippen molar-refractivity contribution in [3.63, 3.8) is 0 Å². The lowest BCUT2D eigenvalue weighted by atomic mass is 10.2. The number of nitrogens with one attached hydrogen (secondary N) is 1. The molecule has 58 valence electrons. The second-order valence-corrected chi connectivity index (χ2v) is 2.36. The first kappa shape index (κ1) is 7.90. The highest BCUT2D eigenvalue weighted by atomic mass is 16.3. The van der Waals surface area contributed by atoms with Crippen molar-refractivity contribution in [1.29, 1.82) is 0 Å². The Labute approximate surface area is 66.6 Å². The predicted molar refractivity (Wildman–Crippen MR) is 44.0 cm³/mol. The maximum atomic E-state index is 5.09. The molecule has 0 bridgehead atoms. The van der Waals surface area contributed by atoms with Gasteiger partial charge in [-0.3, -0.25) is 5.32 Å². The van der Waals surface area contributed by atoms with Crippen molar-refractivity contribution in [2.75, 3.05) is 6.54 Å². The van der Waals surface area contributed by atoms with Gasteiger partial charge in [0.15, 0.2) is 0 Å². The summed E-state index contributed by atoms with van der Waals surface area (Å²) in [6, 6.07) is 2.19. The van der Waals surface area contributed by atoms with Crippen LogP contribution in [-0.2, 0) is 0 Å². The monoisotopic (exact) mass is 149 g/mol. The normalized spacial score (nSPS) is 12.4. The summed E-state index contributed by atoms with van der Waals surface area (Å²) in [5.41, 5.74) is 1.13. The van der Waals surface area contributed by atoms with E-state index in [2.05, 4.69) is 11.2 Å². The Morgan fingerprint density at radius 1 is 1.82 bits per heavy atom. The van der Waals surface area contributed by atoms with Gasteiger partial charge >= 0.3 is 0 Å². The molecule has 0 saturated heterocycles. The van der Waals surface area contributed by atoms with Gasteiger partial charge in [-0.05, 0) is 13.0 Å². The van der Waals surface area contributed by atoms with Crippen LogP contribution in [0.4, 0.5) is 0 Å². The van der Waals surface area contributed by atoms with Crippen LogP contribution in [0.15, 0.2) is 23.0 Å². The van der Waals surface area contributed by atoms with E-state index >= 15 is 0 Å². The van der Waals surface area contributed by atoms with Gasteiger partial charge in [0.25, 0.3) is 0 Å². The van der Waals surface area contributed by atoms with E-state index in [0.717, 1.165) is 5.56 Å². The zero-order chi connectivity index (χ0) is 8.10. The summed E-state index contributed by atoms with van der Waals surface area (Å²) in [5.74, 6) is 2.52. The fraction of sp³-hybridized carbons (Fsp3) is 0.333. The van der Waals surface area contributed by atoms with E-state index in [4.69, 9.17) is 10.8 Å². The Bertz CT molecular complexity index is 233. The van der Waals surface area contributed by atoms with Crippen LogP contribution in [0.5, 0.6) is 0 Å². The van der Waals surface area contributed by atoms with E-state index in [0.29, 0.717) is 6.54 Å². The summed E-state index contributed by atoms with van der Waals surface area (Å²) in [4.78, 5) is 0. The minimum Gasteiger partial charge on any atom is -0.472 e. The summed E-state index contributed by atoms with van der Waals surface area (Å²) in [7, 11) is 0. The average Bonchev–Trinajstić information content (AvgIpc) is 2.52. The zero-order valence-electron chi connectivity index (χ0n) is 6.50. The first-order valence-corrected chi connectivity index (χ1v) is 3.53. The van der Waals surface area contributed by atoms with Crippen molar-refractivity contribution in [2.45, 2.75) is 13.0 Å². The molecule has 1 aromatic heterocycles. The molecule has 2 nitrogen and oxygen atoms in total. The third-order valence-electron chi connectivity index (χ3n) is 1.55. The van der Waals surface area contributed by atoms with Crippen molar-refractivity contribution in [1.82, 2.24) is 5.32 Å². The fourth-order valence-electron chi connectivity index (χ4n) is 0.851. The standard InChI is InChI=1S/C9H11NO/c1-3-5-10-8(2)9-4-6-11-7-9/h1,4,6-8,10H,5H2,2H3. The van der Waals surface area contributed by atoms with Gasteiger partial charge in [0.2, 0.25) is 0 Å². The third-order valence-corrected chi connectivity index (χ3v) is 1.55. The molecule has 0 aliphatic heterocycles. The number of terminal acetylenes is 1. The third kappa shape index (κ3) is 2.14. The van der Waals surface area contributed by atoms with E-state index in [1.807, 2.05) is 13.0 Å². The summed E-state index contributed by atoms with van der Waals surface area (Å²) >= 11 is 0. The SMILES string of the molecule is C#CCNC(C)c1ccoc1. The highest BCUT2D eigenvalue weighted by molar-refractivity contribution is 5.10. The van der Waals surface area contributed by atoms with Crippen LogP contribution in [0.3, 0.4) is 0 Å². The Morgan fingerprint density at radius 3 is 3.18 bits per heavy atom. The van der Waals surface area contributed by atoms with Crippen LogP contribution in [0.1, 0.15) is 18.5 Å². The first-order chi connectivity index (χ1) is 5.34. The van der Waals surface area contributed by atoms with Gasteiger partial charge in [-0.25, -0.2) is 0 Å². The maximum Gasteiger partial charge on any atom is 0.0950 e. The minimum atomic E-state index is 0.268. The topological polar surface area (TPSA) is 25.2 Å². The number of furan rings is 1. The molecule has 0 fully saturated rings. The predicted octanol–water partition coefficient (Wildman–Crippen LogP) is 1.56. The van der Waals surface area contributed by atoms with Crippen LogP contribution < -0.4 is 5.32 Å². The Kier molecular flexibility index (Phi) is 2.76. The zero-order valence-corrected chi connectivity index (χ0v) is 6.50. The highest BCUT2D eigenvalue weighted by Crippen LogP contribution is 2.10. The molecule has 0 aliphatic carbocycles. The number of rotatable bonds is 3. The molecule has 1 atom stereocenters. The smallest absolute Gasteiger partial charge is 0.0950 e. The maximum absolute atomic E-state index is 5.09. The van der Waals surface area contributed by atoms with Crippen molar-refractivity contribution >= 4 is 0 Å². The lowest BCUT2D eigenvalue weighted by Crippen LogP contribution is -2.17. The number of hydrogen-bond acceptors (Lipinski definition) is 2.